The molecule has 2 aromatic rings. The van der Waals surface area contributed by atoms with Crippen molar-refractivity contribution in [2.75, 3.05) is 0 Å². The van der Waals surface area contributed by atoms with Gasteiger partial charge in [0, 0.05) is 25.3 Å². The highest BCUT2D eigenvalue weighted by molar-refractivity contribution is 5.21. The second-order valence-corrected chi connectivity index (χ2v) is 4.07. The minimum Gasteiger partial charge on any atom is -0.339 e. The molecule has 0 saturated heterocycles. The molecule has 1 aromatic heterocycles. The number of halogens is 2. The zero-order valence-corrected chi connectivity index (χ0v) is 10.1. The second kappa shape index (κ2) is 6.05. The molecule has 0 unspecified atom stereocenters. The highest BCUT2D eigenvalue weighted by atomic mass is 19.1. The minimum atomic E-state index is -0.632. The van der Waals surface area contributed by atoms with Gasteiger partial charge in [-0.2, -0.15) is 10.2 Å². The van der Waals surface area contributed by atoms with Crippen LogP contribution >= 0.6 is 0 Å². The topological polar surface area (TPSA) is 62.7 Å². The Morgan fingerprint density at radius 1 is 1.21 bits per heavy atom. The van der Waals surface area contributed by atoms with E-state index in [-0.39, 0.29) is 6.42 Å². The molecule has 0 spiro atoms. The van der Waals surface area contributed by atoms with E-state index in [0.29, 0.717) is 36.5 Å². The number of benzene rings is 1. The van der Waals surface area contributed by atoms with Crippen molar-refractivity contribution in [1.82, 2.24) is 10.1 Å². The van der Waals surface area contributed by atoms with Gasteiger partial charge in [0.25, 0.3) is 0 Å². The maximum Gasteiger partial charge on any atom is 0.226 e. The van der Waals surface area contributed by atoms with Crippen LogP contribution in [0.15, 0.2) is 22.7 Å². The van der Waals surface area contributed by atoms with Crippen molar-refractivity contribution >= 4 is 0 Å². The molecule has 19 heavy (non-hydrogen) atoms. The average molecular weight is 263 g/mol. The van der Waals surface area contributed by atoms with Gasteiger partial charge in [0.1, 0.15) is 11.6 Å². The van der Waals surface area contributed by atoms with E-state index in [0.717, 1.165) is 6.07 Å². The first-order valence-electron chi connectivity index (χ1n) is 5.81. The van der Waals surface area contributed by atoms with Gasteiger partial charge in [-0.1, -0.05) is 5.16 Å². The number of aryl methyl sites for hydroxylation is 1. The van der Waals surface area contributed by atoms with Crippen molar-refractivity contribution in [3.63, 3.8) is 0 Å². The number of aromatic nitrogens is 2. The first-order valence-corrected chi connectivity index (χ1v) is 5.81. The molecule has 6 heteroatoms. The molecular weight excluding hydrogens is 252 g/mol. The van der Waals surface area contributed by atoms with Crippen LogP contribution in [-0.4, -0.2) is 10.1 Å². The summed E-state index contributed by atoms with van der Waals surface area (Å²) in [7, 11) is 0. The number of hydrogen-bond acceptors (Lipinski definition) is 4. The van der Waals surface area contributed by atoms with Crippen LogP contribution in [0.5, 0.6) is 0 Å². The Labute approximate surface area is 108 Å². The third kappa shape index (κ3) is 3.85. The Kier molecular flexibility index (Phi) is 4.18. The fourth-order valence-electron chi connectivity index (χ4n) is 1.68. The van der Waals surface area contributed by atoms with Crippen molar-refractivity contribution in [3.8, 4) is 6.07 Å². The van der Waals surface area contributed by atoms with Crippen molar-refractivity contribution in [2.24, 2.45) is 0 Å². The number of nitrogens with zero attached hydrogens (tertiary/aromatic N) is 3. The zero-order chi connectivity index (χ0) is 13.7. The van der Waals surface area contributed by atoms with Gasteiger partial charge in [-0.3, -0.25) is 0 Å². The monoisotopic (exact) mass is 263 g/mol. The summed E-state index contributed by atoms with van der Waals surface area (Å²) in [6.07, 6.45) is 1.80. The number of nitriles is 1. The van der Waals surface area contributed by atoms with Gasteiger partial charge in [0.2, 0.25) is 5.89 Å². The summed E-state index contributed by atoms with van der Waals surface area (Å²) in [5, 5.41) is 12.1. The molecule has 0 atom stereocenters. The van der Waals surface area contributed by atoms with E-state index in [2.05, 4.69) is 10.1 Å². The molecule has 0 bridgehead atoms. The summed E-state index contributed by atoms with van der Waals surface area (Å²) in [6.45, 7) is 0. The van der Waals surface area contributed by atoms with Gasteiger partial charge in [0.05, 0.1) is 6.07 Å². The summed E-state index contributed by atoms with van der Waals surface area (Å²) in [6, 6.07) is 5.30. The lowest BCUT2D eigenvalue weighted by atomic mass is 10.1. The summed E-state index contributed by atoms with van der Waals surface area (Å²) in [5.74, 6) is -0.459. The Morgan fingerprint density at radius 2 is 1.95 bits per heavy atom. The lowest BCUT2D eigenvalue weighted by Gasteiger charge is -1.97. The molecule has 0 aliphatic carbocycles. The van der Waals surface area contributed by atoms with Crippen LogP contribution < -0.4 is 0 Å². The van der Waals surface area contributed by atoms with E-state index >= 15 is 0 Å². The molecule has 0 aliphatic rings. The van der Waals surface area contributed by atoms with E-state index in [1.165, 1.54) is 12.1 Å². The van der Waals surface area contributed by atoms with E-state index in [4.69, 9.17) is 9.78 Å². The van der Waals surface area contributed by atoms with Gasteiger partial charge in [0.15, 0.2) is 5.82 Å². The number of hydrogen-bond donors (Lipinski definition) is 0. The van der Waals surface area contributed by atoms with Crippen LogP contribution in [-0.2, 0) is 12.8 Å². The third-order valence-electron chi connectivity index (χ3n) is 2.47. The quantitative estimate of drug-likeness (QED) is 0.778. The SMILES string of the molecule is N#CCCCc1nc(Cc2cc(F)cc(F)c2)no1. The van der Waals surface area contributed by atoms with Crippen molar-refractivity contribution < 1.29 is 13.3 Å². The molecule has 0 saturated carbocycles. The number of unbranched alkanes of at least 4 members (excludes halogenated alkanes) is 1. The van der Waals surface area contributed by atoms with Gasteiger partial charge in [-0.25, -0.2) is 8.78 Å². The predicted molar refractivity (Wildman–Crippen MR) is 62.0 cm³/mol. The largest absolute Gasteiger partial charge is 0.339 e. The average Bonchev–Trinajstić information content (AvgIpc) is 2.76. The molecule has 1 heterocycles. The Balaban J connectivity index is 2.01. The lowest BCUT2D eigenvalue weighted by molar-refractivity contribution is 0.371. The summed E-state index contributed by atoms with van der Waals surface area (Å²) >= 11 is 0. The van der Waals surface area contributed by atoms with Gasteiger partial charge in [-0.05, 0) is 24.1 Å². The highest BCUT2D eigenvalue weighted by Gasteiger charge is 2.08. The summed E-state index contributed by atoms with van der Waals surface area (Å²) in [5.41, 5.74) is 0.446. The van der Waals surface area contributed by atoms with Crippen molar-refractivity contribution in [3.05, 3.63) is 47.1 Å². The third-order valence-corrected chi connectivity index (χ3v) is 2.47. The molecule has 2 rings (SSSR count). The van der Waals surface area contributed by atoms with Gasteiger partial charge >= 0.3 is 0 Å². The second-order valence-electron chi connectivity index (χ2n) is 4.07. The summed E-state index contributed by atoms with van der Waals surface area (Å²) in [4.78, 5) is 4.10. The number of rotatable bonds is 5. The Hall–Kier alpha value is -2.29. The first kappa shape index (κ1) is 13.1. The molecule has 0 aliphatic heterocycles. The fourth-order valence-corrected chi connectivity index (χ4v) is 1.68. The van der Waals surface area contributed by atoms with E-state index in [1.54, 1.807) is 0 Å². The smallest absolute Gasteiger partial charge is 0.226 e. The Bertz CT molecular complexity index is 584. The standard InChI is InChI=1S/C13H11F2N3O/c14-10-5-9(6-11(15)8-10)7-12-17-13(19-18-12)3-1-2-4-16/h5-6,8H,1-3,7H2. The van der Waals surface area contributed by atoms with E-state index in [9.17, 15) is 8.78 Å². The highest BCUT2D eigenvalue weighted by Crippen LogP contribution is 2.12. The van der Waals surface area contributed by atoms with Crippen LogP contribution in [0.25, 0.3) is 0 Å². The van der Waals surface area contributed by atoms with Gasteiger partial charge in [-0.15, -0.1) is 0 Å². The van der Waals surface area contributed by atoms with Crippen molar-refractivity contribution in [2.45, 2.75) is 25.7 Å². The molecule has 0 fully saturated rings. The molecule has 98 valence electrons. The van der Waals surface area contributed by atoms with E-state index in [1.807, 2.05) is 6.07 Å². The molecule has 0 radical (unpaired) electrons. The Morgan fingerprint density at radius 3 is 2.63 bits per heavy atom. The molecule has 1 aromatic carbocycles. The van der Waals surface area contributed by atoms with E-state index < -0.39 is 11.6 Å². The molecular formula is C13H11F2N3O. The normalized spacial score (nSPS) is 10.4. The van der Waals surface area contributed by atoms with Crippen molar-refractivity contribution in [1.29, 1.82) is 5.26 Å². The maximum atomic E-state index is 13.0. The lowest BCUT2D eigenvalue weighted by Crippen LogP contribution is -1.94. The molecule has 0 amide bonds. The first-order chi connectivity index (χ1) is 9.17. The van der Waals surface area contributed by atoms with Crippen LogP contribution in [0.2, 0.25) is 0 Å². The predicted octanol–water partition coefficient (Wildman–Crippen LogP) is 2.78. The van der Waals surface area contributed by atoms with Crippen LogP contribution in [0.1, 0.15) is 30.1 Å². The molecule has 4 nitrogen and oxygen atoms in total. The minimum absolute atomic E-state index is 0.205. The maximum absolute atomic E-state index is 13.0. The molecule has 0 N–H and O–H groups in total. The van der Waals surface area contributed by atoms with Gasteiger partial charge < -0.3 is 4.52 Å². The zero-order valence-electron chi connectivity index (χ0n) is 10.1. The summed E-state index contributed by atoms with van der Waals surface area (Å²) < 4.78 is 31.0. The van der Waals surface area contributed by atoms with Crippen LogP contribution in [0, 0.1) is 23.0 Å². The van der Waals surface area contributed by atoms with Crippen LogP contribution in [0.3, 0.4) is 0 Å². The van der Waals surface area contributed by atoms with Crippen LogP contribution in [0.4, 0.5) is 8.78 Å². The fraction of sp³-hybridized carbons (Fsp3) is 0.308.